The molecule has 1 amide bonds. The fraction of sp³-hybridized carbons (Fsp3) is 0.133. The van der Waals surface area contributed by atoms with Crippen LogP contribution >= 0.6 is 22.9 Å². The molecule has 0 aliphatic carbocycles. The van der Waals surface area contributed by atoms with Crippen LogP contribution in [0.4, 0.5) is 10.1 Å². The van der Waals surface area contributed by atoms with Gasteiger partial charge in [0.1, 0.15) is 5.82 Å². The average molecular weight is 324 g/mol. The lowest BCUT2D eigenvalue weighted by atomic mass is 10.3. The van der Waals surface area contributed by atoms with E-state index in [0.29, 0.717) is 17.0 Å². The largest absolute Gasteiger partial charge is 0.395 e. The smallest absolute Gasteiger partial charge is 0.265 e. The summed E-state index contributed by atoms with van der Waals surface area (Å²) in [7, 11) is 0. The number of amides is 1. The fourth-order valence-electron chi connectivity index (χ4n) is 1.50. The predicted octanol–water partition coefficient (Wildman–Crippen LogP) is 3.53. The van der Waals surface area contributed by atoms with Crippen LogP contribution in [0.5, 0.6) is 0 Å². The van der Waals surface area contributed by atoms with E-state index in [1.165, 1.54) is 29.5 Å². The first-order chi connectivity index (χ1) is 10.1. The Balaban J connectivity index is 2.07. The van der Waals surface area contributed by atoms with Gasteiger partial charge in [-0.2, -0.15) is 0 Å². The van der Waals surface area contributed by atoms with Crippen molar-refractivity contribution in [2.75, 3.05) is 11.9 Å². The highest BCUT2D eigenvalue weighted by atomic mass is 35.5. The van der Waals surface area contributed by atoms with Crippen molar-refractivity contribution in [2.45, 2.75) is 6.42 Å². The molecule has 2 N–H and O–H groups in total. The number of aliphatic hydroxyl groups is 1. The number of aliphatic hydroxyl groups excluding tert-OH is 1. The van der Waals surface area contributed by atoms with E-state index >= 15 is 0 Å². The normalized spacial score (nSPS) is 9.86. The van der Waals surface area contributed by atoms with Crippen LogP contribution in [0.15, 0.2) is 30.3 Å². The molecule has 0 atom stereocenters. The molecule has 0 saturated carbocycles. The van der Waals surface area contributed by atoms with Crippen LogP contribution in [-0.4, -0.2) is 17.6 Å². The van der Waals surface area contributed by atoms with Crippen molar-refractivity contribution in [3.05, 3.63) is 50.9 Å². The summed E-state index contributed by atoms with van der Waals surface area (Å²) in [5, 5.41) is 11.2. The molecule has 1 aromatic heterocycles. The highest BCUT2D eigenvalue weighted by Crippen LogP contribution is 2.21. The summed E-state index contributed by atoms with van der Waals surface area (Å²) in [6, 6.07) is 7.38. The van der Waals surface area contributed by atoms with Gasteiger partial charge in [0.15, 0.2) is 0 Å². The first-order valence-corrected chi connectivity index (χ1v) is 7.25. The Morgan fingerprint density at radius 2 is 2.19 bits per heavy atom. The summed E-state index contributed by atoms with van der Waals surface area (Å²) in [4.78, 5) is 13.3. The summed E-state index contributed by atoms with van der Waals surface area (Å²) in [6.45, 7) is 0.0110. The van der Waals surface area contributed by atoms with E-state index in [1.807, 2.05) is 0 Å². The quantitative estimate of drug-likeness (QED) is 0.849. The number of rotatable bonds is 3. The summed E-state index contributed by atoms with van der Waals surface area (Å²) >= 11 is 6.90. The van der Waals surface area contributed by atoms with Gasteiger partial charge in [0.25, 0.3) is 5.91 Å². The Labute approximate surface area is 130 Å². The molecule has 0 aliphatic heterocycles. The number of benzene rings is 1. The van der Waals surface area contributed by atoms with E-state index < -0.39 is 5.82 Å². The van der Waals surface area contributed by atoms with Crippen LogP contribution in [0.3, 0.4) is 0 Å². The third-order valence-electron chi connectivity index (χ3n) is 2.46. The molecule has 21 heavy (non-hydrogen) atoms. The molecule has 1 heterocycles. The van der Waals surface area contributed by atoms with E-state index in [2.05, 4.69) is 17.2 Å². The van der Waals surface area contributed by atoms with Crippen molar-refractivity contribution >= 4 is 34.5 Å². The standard InChI is InChI=1S/C15H11ClFNO2S/c16-12-9-10(4-6-13(12)17)18-15(20)14-7-5-11(21-14)3-1-2-8-19/h4-7,9,19H,2,8H2,(H,18,20). The van der Waals surface area contributed by atoms with Gasteiger partial charge in [-0.25, -0.2) is 4.39 Å². The minimum atomic E-state index is -0.535. The third-order valence-corrected chi connectivity index (χ3v) is 3.74. The molecule has 108 valence electrons. The fourth-order valence-corrected chi connectivity index (χ4v) is 2.46. The van der Waals surface area contributed by atoms with Gasteiger partial charge < -0.3 is 10.4 Å². The van der Waals surface area contributed by atoms with Crippen LogP contribution in [0.2, 0.25) is 5.02 Å². The zero-order valence-corrected chi connectivity index (χ0v) is 12.4. The van der Waals surface area contributed by atoms with Crippen LogP contribution < -0.4 is 5.32 Å². The molecule has 3 nitrogen and oxygen atoms in total. The number of hydrogen-bond donors (Lipinski definition) is 2. The SMILES string of the molecule is O=C(Nc1ccc(F)c(Cl)c1)c1ccc(C#CCCO)s1. The van der Waals surface area contributed by atoms with Crippen molar-refractivity contribution in [3.63, 3.8) is 0 Å². The topological polar surface area (TPSA) is 49.3 Å². The predicted molar refractivity (Wildman–Crippen MR) is 82.3 cm³/mol. The summed E-state index contributed by atoms with van der Waals surface area (Å²) in [6.07, 6.45) is 0.396. The molecule has 1 aromatic carbocycles. The van der Waals surface area contributed by atoms with Crippen molar-refractivity contribution in [3.8, 4) is 11.8 Å². The molecule has 2 aromatic rings. The maximum absolute atomic E-state index is 13.0. The summed E-state index contributed by atoms with van der Waals surface area (Å²) < 4.78 is 13.0. The second-order valence-corrected chi connectivity index (χ2v) is 5.51. The minimum absolute atomic E-state index is 0.0110. The van der Waals surface area contributed by atoms with Crippen molar-refractivity contribution in [1.29, 1.82) is 0 Å². The number of carbonyl (C=O) groups is 1. The second-order valence-electron chi connectivity index (χ2n) is 4.02. The number of carbonyl (C=O) groups excluding carboxylic acids is 1. The Morgan fingerprint density at radius 3 is 2.90 bits per heavy atom. The number of nitrogens with one attached hydrogen (secondary N) is 1. The van der Waals surface area contributed by atoms with E-state index in [1.54, 1.807) is 12.1 Å². The number of thiophene rings is 1. The van der Waals surface area contributed by atoms with Crippen LogP contribution in [0.1, 0.15) is 21.0 Å². The van der Waals surface area contributed by atoms with Gasteiger partial charge in [0, 0.05) is 12.1 Å². The van der Waals surface area contributed by atoms with Gasteiger partial charge in [-0.05, 0) is 30.3 Å². The Bertz CT molecular complexity index is 718. The molecule has 0 saturated heterocycles. The zero-order chi connectivity index (χ0) is 15.2. The van der Waals surface area contributed by atoms with E-state index in [0.717, 1.165) is 4.88 Å². The lowest BCUT2D eigenvalue weighted by Gasteiger charge is -2.04. The molecule has 0 unspecified atom stereocenters. The average Bonchev–Trinajstić information content (AvgIpc) is 2.92. The van der Waals surface area contributed by atoms with Gasteiger partial charge in [-0.15, -0.1) is 11.3 Å². The highest BCUT2D eigenvalue weighted by Gasteiger charge is 2.10. The van der Waals surface area contributed by atoms with Crippen LogP contribution in [-0.2, 0) is 0 Å². The summed E-state index contributed by atoms with van der Waals surface area (Å²) in [5.41, 5.74) is 0.424. The first-order valence-electron chi connectivity index (χ1n) is 6.06. The second kappa shape index (κ2) is 7.23. The van der Waals surface area contributed by atoms with Gasteiger partial charge in [-0.3, -0.25) is 4.79 Å². The molecular weight excluding hydrogens is 313 g/mol. The highest BCUT2D eigenvalue weighted by molar-refractivity contribution is 7.14. The van der Waals surface area contributed by atoms with Gasteiger partial charge in [0.05, 0.1) is 21.4 Å². The van der Waals surface area contributed by atoms with Gasteiger partial charge in [-0.1, -0.05) is 23.4 Å². The number of hydrogen-bond acceptors (Lipinski definition) is 3. The van der Waals surface area contributed by atoms with Crippen molar-refractivity contribution in [2.24, 2.45) is 0 Å². The third kappa shape index (κ3) is 4.30. The molecule has 6 heteroatoms. The zero-order valence-electron chi connectivity index (χ0n) is 10.8. The molecule has 0 spiro atoms. The lowest BCUT2D eigenvalue weighted by molar-refractivity contribution is 0.103. The van der Waals surface area contributed by atoms with Crippen molar-refractivity contribution < 1.29 is 14.3 Å². The maximum Gasteiger partial charge on any atom is 0.265 e. The first kappa shape index (κ1) is 15.5. The molecule has 0 bridgehead atoms. The lowest BCUT2D eigenvalue weighted by Crippen LogP contribution is -2.10. The van der Waals surface area contributed by atoms with E-state index in [9.17, 15) is 9.18 Å². The van der Waals surface area contributed by atoms with Crippen LogP contribution in [0.25, 0.3) is 0 Å². The van der Waals surface area contributed by atoms with Gasteiger partial charge in [0.2, 0.25) is 0 Å². The number of anilines is 1. The van der Waals surface area contributed by atoms with Crippen LogP contribution in [0, 0.1) is 17.7 Å². The Kier molecular flexibility index (Phi) is 5.34. The number of halogens is 2. The monoisotopic (exact) mass is 323 g/mol. The molecule has 0 aliphatic rings. The minimum Gasteiger partial charge on any atom is -0.395 e. The summed E-state index contributed by atoms with van der Waals surface area (Å²) in [5.74, 6) is 4.80. The molecular formula is C15H11ClFNO2S. The van der Waals surface area contributed by atoms with Gasteiger partial charge >= 0.3 is 0 Å². The molecule has 0 fully saturated rings. The van der Waals surface area contributed by atoms with E-state index in [4.69, 9.17) is 16.7 Å². The van der Waals surface area contributed by atoms with E-state index in [-0.39, 0.29) is 17.5 Å². The molecule has 2 rings (SSSR count). The maximum atomic E-state index is 13.0. The Morgan fingerprint density at radius 1 is 1.38 bits per heavy atom. The molecule has 0 radical (unpaired) electrons. The van der Waals surface area contributed by atoms with Crippen molar-refractivity contribution in [1.82, 2.24) is 0 Å². The Hall–Kier alpha value is -1.87.